The summed E-state index contributed by atoms with van der Waals surface area (Å²) in [6, 6.07) is 7.07. The number of nitrogens with one attached hydrogen (secondary N) is 1. The normalized spacial score (nSPS) is 16.6. The van der Waals surface area contributed by atoms with Gasteiger partial charge in [0.2, 0.25) is 5.95 Å². The number of benzene rings is 1. The first-order valence-corrected chi connectivity index (χ1v) is 7.22. The van der Waals surface area contributed by atoms with E-state index in [2.05, 4.69) is 20.8 Å². The predicted molar refractivity (Wildman–Crippen MR) is 82.7 cm³/mol. The Kier molecular flexibility index (Phi) is 3.96. The molecular formula is C15H17N5O3. The average molecular weight is 315 g/mol. The number of methoxy groups -OCH3 is 1. The molecule has 2 aromatic rings. The molecule has 1 N–H and O–H groups in total. The van der Waals surface area contributed by atoms with Gasteiger partial charge in [-0.2, -0.15) is 4.68 Å². The molecule has 1 aromatic heterocycles. The van der Waals surface area contributed by atoms with Gasteiger partial charge in [-0.3, -0.25) is 0 Å². The second-order valence-electron chi connectivity index (χ2n) is 4.99. The fourth-order valence-electron chi connectivity index (χ4n) is 2.57. The molecule has 0 radical (unpaired) electrons. The maximum atomic E-state index is 12.4. The lowest BCUT2D eigenvalue weighted by Crippen LogP contribution is -2.28. The number of rotatable bonds is 4. The van der Waals surface area contributed by atoms with Crippen LogP contribution in [-0.4, -0.2) is 39.9 Å². The molecule has 3 rings (SSSR count). The van der Waals surface area contributed by atoms with Crippen molar-refractivity contribution in [3.63, 3.8) is 0 Å². The Morgan fingerprint density at radius 2 is 2.26 bits per heavy atom. The maximum absolute atomic E-state index is 12.4. The van der Waals surface area contributed by atoms with Crippen molar-refractivity contribution >= 4 is 17.6 Å². The zero-order chi connectivity index (χ0) is 16.4. The van der Waals surface area contributed by atoms with Gasteiger partial charge < -0.3 is 14.8 Å². The van der Waals surface area contributed by atoms with Crippen LogP contribution in [0.25, 0.3) is 5.70 Å². The van der Waals surface area contributed by atoms with Crippen LogP contribution < -0.4 is 10.1 Å². The van der Waals surface area contributed by atoms with Crippen LogP contribution in [0.2, 0.25) is 0 Å². The SMILES string of the molecule is CCOC(=O)C1=C(C)n2nnnc2NC1c1cccc(OC)c1. The summed E-state index contributed by atoms with van der Waals surface area (Å²) >= 11 is 0. The van der Waals surface area contributed by atoms with Gasteiger partial charge in [-0.25, -0.2) is 4.79 Å². The van der Waals surface area contributed by atoms with Crippen LogP contribution in [0.1, 0.15) is 25.5 Å². The molecule has 0 spiro atoms. The van der Waals surface area contributed by atoms with E-state index in [0.29, 0.717) is 29.6 Å². The Morgan fingerprint density at radius 1 is 1.43 bits per heavy atom. The largest absolute Gasteiger partial charge is 0.497 e. The molecule has 0 fully saturated rings. The molecule has 1 aliphatic rings. The maximum Gasteiger partial charge on any atom is 0.338 e. The molecular weight excluding hydrogens is 298 g/mol. The summed E-state index contributed by atoms with van der Waals surface area (Å²) in [4.78, 5) is 12.4. The van der Waals surface area contributed by atoms with E-state index in [1.54, 1.807) is 21.0 Å². The highest BCUT2D eigenvalue weighted by Crippen LogP contribution is 2.35. The quantitative estimate of drug-likeness (QED) is 0.858. The number of carbonyl (C=O) groups is 1. The minimum atomic E-state index is -0.414. The molecule has 8 nitrogen and oxygen atoms in total. The molecule has 0 saturated carbocycles. The number of tetrazole rings is 1. The summed E-state index contributed by atoms with van der Waals surface area (Å²) in [5.74, 6) is 0.783. The fourth-order valence-corrected chi connectivity index (χ4v) is 2.57. The monoisotopic (exact) mass is 315 g/mol. The molecule has 120 valence electrons. The average Bonchev–Trinajstić information content (AvgIpc) is 3.04. The van der Waals surface area contributed by atoms with Gasteiger partial charge >= 0.3 is 5.97 Å². The van der Waals surface area contributed by atoms with Crippen molar-refractivity contribution in [1.82, 2.24) is 20.2 Å². The zero-order valence-electron chi connectivity index (χ0n) is 13.1. The number of fused-ring (bicyclic) bond motifs is 1. The van der Waals surface area contributed by atoms with Crippen LogP contribution in [0.5, 0.6) is 5.75 Å². The number of hydrogen-bond acceptors (Lipinski definition) is 7. The molecule has 0 saturated heterocycles. The lowest BCUT2D eigenvalue weighted by molar-refractivity contribution is -0.138. The number of hydrogen-bond donors (Lipinski definition) is 1. The van der Waals surface area contributed by atoms with Crippen LogP contribution in [0, 0.1) is 0 Å². The van der Waals surface area contributed by atoms with E-state index in [1.165, 1.54) is 4.68 Å². The predicted octanol–water partition coefficient (Wildman–Crippen LogP) is 1.64. The van der Waals surface area contributed by atoms with Crippen LogP contribution >= 0.6 is 0 Å². The number of anilines is 1. The van der Waals surface area contributed by atoms with Crippen molar-refractivity contribution in [2.75, 3.05) is 19.0 Å². The van der Waals surface area contributed by atoms with Gasteiger partial charge in [-0.15, -0.1) is 0 Å². The second-order valence-corrected chi connectivity index (χ2v) is 4.99. The third-order valence-corrected chi connectivity index (χ3v) is 3.66. The number of allylic oxidation sites excluding steroid dienone is 1. The summed E-state index contributed by atoms with van der Waals surface area (Å²) in [6.45, 7) is 3.86. The summed E-state index contributed by atoms with van der Waals surface area (Å²) in [5, 5.41) is 14.7. The number of ether oxygens (including phenoxy) is 2. The van der Waals surface area contributed by atoms with Crippen molar-refractivity contribution < 1.29 is 14.3 Å². The smallest absolute Gasteiger partial charge is 0.338 e. The van der Waals surface area contributed by atoms with Gasteiger partial charge in [0.25, 0.3) is 0 Å². The van der Waals surface area contributed by atoms with Crippen molar-refractivity contribution in [3.8, 4) is 5.75 Å². The lowest BCUT2D eigenvalue weighted by Gasteiger charge is -2.27. The van der Waals surface area contributed by atoms with Crippen LogP contribution in [0.15, 0.2) is 29.8 Å². The second kappa shape index (κ2) is 6.07. The van der Waals surface area contributed by atoms with Gasteiger partial charge in [0.1, 0.15) is 5.75 Å². The lowest BCUT2D eigenvalue weighted by atomic mass is 9.95. The first-order chi connectivity index (χ1) is 11.2. The standard InChI is InChI=1S/C15H17N5O3/c1-4-23-14(21)12-9(2)20-15(17-18-19-20)16-13(12)10-6-5-7-11(8-10)22-3/h5-8,13H,4H2,1-3H3,(H,16,17,19). The molecule has 0 bridgehead atoms. The Labute approximate surface area is 133 Å². The minimum absolute atomic E-state index is 0.295. The number of esters is 1. The van der Waals surface area contributed by atoms with E-state index in [-0.39, 0.29) is 0 Å². The Balaban J connectivity index is 2.10. The van der Waals surface area contributed by atoms with E-state index in [0.717, 1.165) is 5.56 Å². The molecule has 23 heavy (non-hydrogen) atoms. The van der Waals surface area contributed by atoms with E-state index >= 15 is 0 Å². The van der Waals surface area contributed by atoms with Crippen LogP contribution in [-0.2, 0) is 9.53 Å². The fraction of sp³-hybridized carbons (Fsp3) is 0.333. The van der Waals surface area contributed by atoms with Crippen LogP contribution in [0.4, 0.5) is 5.95 Å². The van der Waals surface area contributed by atoms with E-state index in [1.807, 2.05) is 24.3 Å². The Bertz CT molecular complexity index is 768. The third kappa shape index (κ3) is 2.63. The first-order valence-electron chi connectivity index (χ1n) is 7.22. The number of nitrogens with zero attached hydrogens (tertiary/aromatic N) is 4. The summed E-state index contributed by atoms with van der Waals surface area (Å²) in [5.41, 5.74) is 1.97. The van der Waals surface area contributed by atoms with Gasteiger partial charge in [-0.05, 0) is 42.0 Å². The topological polar surface area (TPSA) is 91.2 Å². The van der Waals surface area contributed by atoms with E-state index in [4.69, 9.17) is 9.47 Å². The first kappa shape index (κ1) is 15.0. The molecule has 8 heteroatoms. The highest BCUT2D eigenvalue weighted by Gasteiger charge is 2.33. The van der Waals surface area contributed by atoms with Gasteiger partial charge in [0, 0.05) is 0 Å². The summed E-state index contributed by atoms with van der Waals surface area (Å²) in [6.07, 6.45) is 0. The van der Waals surface area contributed by atoms with Gasteiger partial charge in [0.15, 0.2) is 0 Å². The minimum Gasteiger partial charge on any atom is -0.497 e. The summed E-state index contributed by atoms with van der Waals surface area (Å²) < 4.78 is 12.0. The molecule has 1 atom stereocenters. The van der Waals surface area contributed by atoms with Gasteiger partial charge in [-0.1, -0.05) is 17.2 Å². The highest BCUT2D eigenvalue weighted by molar-refractivity contribution is 5.97. The van der Waals surface area contributed by atoms with Crippen LogP contribution in [0.3, 0.4) is 0 Å². The molecule has 2 heterocycles. The molecule has 1 aliphatic heterocycles. The Morgan fingerprint density at radius 3 is 3.00 bits per heavy atom. The van der Waals surface area contributed by atoms with E-state index < -0.39 is 12.0 Å². The van der Waals surface area contributed by atoms with Crippen molar-refractivity contribution in [2.24, 2.45) is 0 Å². The van der Waals surface area contributed by atoms with E-state index in [9.17, 15) is 4.79 Å². The van der Waals surface area contributed by atoms with Crippen molar-refractivity contribution in [1.29, 1.82) is 0 Å². The van der Waals surface area contributed by atoms with Crippen molar-refractivity contribution in [2.45, 2.75) is 19.9 Å². The van der Waals surface area contributed by atoms with Gasteiger partial charge in [0.05, 0.1) is 31.0 Å². The molecule has 0 amide bonds. The highest BCUT2D eigenvalue weighted by atomic mass is 16.5. The summed E-state index contributed by atoms with van der Waals surface area (Å²) in [7, 11) is 1.60. The third-order valence-electron chi connectivity index (χ3n) is 3.66. The number of carbonyl (C=O) groups excluding carboxylic acids is 1. The number of aromatic nitrogens is 4. The molecule has 1 unspecified atom stereocenters. The van der Waals surface area contributed by atoms with Crippen molar-refractivity contribution in [3.05, 3.63) is 35.4 Å². The molecule has 0 aliphatic carbocycles. The molecule has 1 aromatic carbocycles. The Hall–Kier alpha value is -2.90. The zero-order valence-corrected chi connectivity index (χ0v) is 13.1.